The van der Waals surface area contributed by atoms with Crippen molar-refractivity contribution in [1.82, 2.24) is 9.78 Å². The van der Waals surface area contributed by atoms with Gasteiger partial charge >= 0.3 is 0 Å². The maximum atomic E-state index is 5.78. The van der Waals surface area contributed by atoms with Gasteiger partial charge in [-0.15, -0.1) is 0 Å². The van der Waals surface area contributed by atoms with Crippen LogP contribution in [0, 0.1) is 5.92 Å². The summed E-state index contributed by atoms with van der Waals surface area (Å²) in [6.45, 7) is 2.27. The van der Waals surface area contributed by atoms with Crippen molar-refractivity contribution in [2.45, 2.75) is 25.8 Å². The van der Waals surface area contributed by atoms with E-state index in [2.05, 4.69) is 5.10 Å². The van der Waals surface area contributed by atoms with Crippen molar-refractivity contribution in [2.24, 2.45) is 5.92 Å². The topological polar surface area (TPSA) is 53.1 Å². The van der Waals surface area contributed by atoms with Crippen LogP contribution in [0.25, 0.3) is 0 Å². The van der Waals surface area contributed by atoms with Gasteiger partial charge in [0.2, 0.25) is 0 Å². The van der Waals surface area contributed by atoms with Gasteiger partial charge in [-0.25, -0.2) is 0 Å². The molecule has 1 aliphatic rings. The molecule has 0 spiro atoms. The van der Waals surface area contributed by atoms with Gasteiger partial charge in [-0.3, -0.25) is 4.68 Å². The van der Waals surface area contributed by atoms with Gasteiger partial charge in [0.05, 0.1) is 13.2 Å². The first-order valence-corrected chi connectivity index (χ1v) is 5.69. The quantitative estimate of drug-likeness (QED) is 0.785. The first-order chi connectivity index (χ1) is 7.25. The molecule has 1 fully saturated rings. The maximum absolute atomic E-state index is 5.78. The van der Waals surface area contributed by atoms with E-state index in [0.29, 0.717) is 24.0 Å². The lowest BCUT2D eigenvalue weighted by Gasteiger charge is -2.24. The zero-order valence-corrected chi connectivity index (χ0v) is 9.41. The number of nitrogens with two attached hydrogens (primary N) is 1. The molecular formula is C10H16ClN3O. The van der Waals surface area contributed by atoms with E-state index in [-0.39, 0.29) is 0 Å². The highest BCUT2D eigenvalue weighted by Gasteiger charge is 2.16. The SMILES string of the molecule is Nc1nn(CCOCC2CCC2)cc1Cl. The number of ether oxygens (including phenoxy) is 1. The summed E-state index contributed by atoms with van der Waals surface area (Å²) >= 11 is 5.78. The minimum Gasteiger partial charge on any atom is -0.381 e. The third-order valence-corrected chi connectivity index (χ3v) is 3.08. The van der Waals surface area contributed by atoms with Gasteiger partial charge in [0.25, 0.3) is 0 Å². The second-order valence-corrected chi connectivity index (χ2v) is 4.40. The molecule has 0 saturated heterocycles. The van der Waals surface area contributed by atoms with Crippen molar-refractivity contribution >= 4 is 17.4 Å². The predicted octanol–water partition coefficient (Wildman–Crippen LogP) is 1.94. The standard InChI is InChI=1S/C10H16ClN3O/c11-9-6-14(13-10(9)12)4-5-15-7-8-2-1-3-8/h6,8H,1-5,7H2,(H2,12,13). The smallest absolute Gasteiger partial charge is 0.164 e. The molecule has 15 heavy (non-hydrogen) atoms. The summed E-state index contributed by atoms with van der Waals surface area (Å²) < 4.78 is 7.27. The van der Waals surface area contributed by atoms with Crippen molar-refractivity contribution in [3.05, 3.63) is 11.2 Å². The minimum atomic E-state index is 0.385. The molecule has 0 unspecified atom stereocenters. The number of nitrogens with zero attached hydrogens (tertiary/aromatic N) is 2. The molecule has 1 saturated carbocycles. The van der Waals surface area contributed by atoms with E-state index in [4.69, 9.17) is 22.1 Å². The number of aromatic nitrogens is 2. The van der Waals surface area contributed by atoms with Crippen molar-refractivity contribution in [1.29, 1.82) is 0 Å². The van der Waals surface area contributed by atoms with Crippen LogP contribution in [0.2, 0.25) is 5.02 Å². The molecule has 5 heteroatoms. The zero-order valence-electron chi connectivity index (χ0n) is 8.66. The molecule has 1 heterocycles. The van der Waals surface area contributed by atoms with E-state index in [1.165, 1.54) is 19.3 Å². The monoisotopic (exact) mass is 229 g/mol. The van der Waals surface area contributed by atoms with Crippen molar-refractivity contribution in [2.75, 3.05) is 18.9 Å². The van der Waals surface area contributed by atoms with E-state index in [1.54, 1.807) is 10.9 Å². The van der Waals surface area contributed by atoms with E-state index in [9.17, 15) is 0 Å². The third-order valence-electron chi connectivity index (χ3n) is 2.79. The van der Waals surface area contributed by atoms with E-state index < -0.39 is 0 Å². The van der Waals surface area contributed by atoms with Crippen LogP contribution in [-0.2, 0) is 11.3 Å². The highest BCUT2D eigenvalue weighted by molar-refractivity contribution is 6.32. The van der Waals surface area contributed by atoms with Crippen LogP contribution in [-0.4, -0.2) is 23.0 Å². The van der Waals surface area contributed by atoms with Gasteiger partial charge in [0.1, 0.15) is 5.02 Å². The maximum Gasteiger partial charge on any atom is 0.164 e. The summed E-state index contributed by atoms with van der Waals surface area (Å²) in [5, 5.41) is 4.55. The average Bonchev–Trinajstić information content (AvgIpc) is 2.43. The molecule has 4 nitrogen and oxygen atoms in total. The highest BCUT2D eigenvalue weighted by atomic mass is 35.5. The lowest BCUT2D eigenvalue weighted by atomic mass is 9.86. The molecule has 0 bridgehead atoms. The molecule has 1 aromatic rings. The van der Waals surface area contributed by atoms with Crippen molar-refractivity contribution < 1.29 is 4.74 Å². The Morgan fingerprint density at radius 3 is 2.93 bits per heavy atom. The van der Waals surface area contributed by atoms with E-state index >= 15 is 0 Å². The third kappa shape index (κ3) is 2.86. The van der Waals surface area contributed by atoms with Crippen LogP contribution in [0.15, 0.2) is 6.20 Å². The Kier molecular flexibility index (Phi) is 3.49. The van der Waals surface area contributed by atoms with Gasteiger partial charge in [0, 0.05) is 12.8 Å². The Morgan fingerprint density at radius 1 is 1.60 bits per heavy atom. The number of hydrogen-bond acceptors (Lipinski definition) is 3. The van der Waals surface area contributed by atoms with Gasteiger partial charge in [-0.05, 0) is 18.8 Å². The molecule has 0 amide bonds. The van der Waals surface area contributed by atoms with Crippen molar-refractivity contribution in [3.8, 4) is 0 Å². The molecule has 84 valence electrons. The Balaban J connectivity index is 1.64. The predicted molar refractivity (Wildman–Crippen MR) is 59.8 cm³/mol. The first-order valence-electron chi connectivity index (χ1n) is 5.32. The summed E-state index contributed by atoms with van der Waals surface area (Å²) in [6, 6.07) is 0. The fraction of sp³-hybridized carbons (Fsp3) is 0.700. The highest BCUT2D eigenvalue weighted by Crippen LogP contribution is 2.26. The number of halogens is 1. The van der Waals surface area contributed by atoms with Crippen LogP contribution in [0.4, 0.5) is 5.82 Å². The second kappa shape index (κ2) is 4.86. The number of nitrogen functional groups attached to an aromatic ring is 1. The molecular weight excluding hydrogens is 214 g/mol. The van der Waals surface area contributed by atoms with Crippen LogP contribution >= 0.6 is 11.6 Å². The van der Waals surface area contributed by atoms with E-state index in [1.807, 2.05) is 0 Å². The van der Waals surface area contributed by atoms with E-state index in [0.717, 1.165) is 12.5 Å². The Labute approximate surface area is 94.3 Å². The van der Waals surface area contributed by atoms with Crippen LogP contribution in [0.1, 0.15) is 19.3 Å². The summed E-state index contributed by atoms with van der Waals surface area (Å²) in [6.07, 6.45) is 5.73. The number of rotatable bonds is 5. The molecule has 2 N–H and O–H groups in total. The molecule has 1 aliphatic carbocycles. The lowest BCUT2D eigenvalue weighted by molar-refractivity contribution is 0.0641. The van der Waals surface area contributed by atoms with Gasteiger partial charge < -0.3 is 10.5 Å². The fourth-order valence-electron chi connectivity index (χ4n) is 1.59. The van der Waals surface area contributed by atoms with Crippen molar-refractivity contribution in [3.63, 3.8) is 0 Å². The molecule has 0 aromatic carbocycles. The molecule has 0 radical (unpaired) electrons. The normalized spacial score (nSPS) is 16.6. The first kappa shape index (κ1) is 10.8. The fourth-order valence-corrected chi connectivity index (χ4v) is 1.74. The minimum absolute atomic E-state index is 0.385. The molecule has 1 aromatic heterocycles. The molecule has 0 atom stereocenters. The van der Waals surface area contributed by atoms with Gasteiger partial charge in [-0.2, -0.15) is 5.10 Å². The van der Waals surface area contributed by atoms with Crippen LogP contribution in [0.5, 0.6) is 0 Å². The summed E-state index contributed by atoms with van der Waals surface area (Å²) in [5.41, 5.74) is 5.52. The number of anilines is 1. The second-order valence-electron chi connectivity index (χ2n) is 4.00. The Bertz CT molecular complexity index is 303. The lowest BCUT2D eigenvalue weighted by Crippen LogP contribution is -2.19. The van der Waals surface area contributed by atoms with Gasteiger partial charge in [-0.1, -0.05) is 18.0 Å². The Morgan fingerprint density at radius 2 is 2.40 bits per heavy atom. The zero-order chi connectivity index (χ0) is 10.7. The summed E-state index contributed by atoms with van der Waals surface area (Å²) in [7, 11) is 0. The molecule has 2 rings (SSSR count). The van der Waals surface area contributed by atoms with Gasteiger partial charge in [0.15, 0.2) is 5.82 Å². The van der Waals surface area contributed by atoms with Crippen LogP contribution in [0.3, 0.4) is 0 Å². The summed E-state index contributed by atoms with van der Waals surface area (Å²) in [4.78, 5) is 0. The van der Waals surface area contributed by atoms with Crippen LogP contribution < -0.4 is 5.73 Å². The Hall–Kier alpha value is -0.740. The largest absolute Gasteiger partial charge is 0.381 e. The number of hydrogen-bond donors (Lipinski definition) is 1. The molecule has 0 aliphatic heterocycles. The average molecular weight is 230 g/mol. The summed E-state index contributed by atoms with van der Waals surface area (Å²) in [5.74, 6) is 1.17.